The average molecular weight is 525 g/mol. The standard InChI is InChI=1S/C25H19BrClN3O3/c1-32-18-11-12-19(20(13-18)33-2)24-21-22(14-3-5-15(26)6-4-14)28-29-23(21)25(31)30(24)17-9-7-16(27)8-10-17/h3-13,24H,1-2H3,(H,28,29)/t24-/m0/s1. The molecular formula is C25H19BrClN3O3. The van der Waals surface area contributed by atoms with Crippen LogP contribution in [0.15, 0.2) is 71.2 Å². The van der Waals surface area contributed by atoms with Gasteiger partial charge in [0.25, 0.3) is 5.91 Å². The zero-order valence-corrected chi connectivity index (χ0v) is 20.1. The fourth-order valence-electron chi connectivity index (χ4n) is 4.18. The van der Waals surface area contributed by atoms with Gasteiger partial charge in [-0.3, -0.25) is 14.8 Å². The van der Waals surface area contributed by atoms with Crippen LogP contribution in [0.2, 0.25) is 5.02 Å². The van der Waals surface area contributed by atoms with Crippen LogP contribution in [0, 0.1) is 0 Å². The SMILES string of the molecule is COc1ccc([C@H]2c3c(-c4ccc(Br)cc4)n[nH]c3C(=O)N2c2ccc(Cl)cc2)c(OC)c1. The first-order chi connectivity index (χ1) is 16.0. The van der Waals surface area contributed by atoms with Crippen molar-refractivity contribution in [2.75, 3.05) is 19.1 Å². The fraction of sp³-hybridized carbons (Fsp3) is 0.120. The van der Waals surface area contributed by atoms with Gasteiger partial charge >= 0.3 is 0 Å². The highest BCUT2D eigenvalue weighted by atomic mass is 79.9. The van der Waals surface area contributed by atoms with Gasteiger partial charge in [-0.1, -0.05) is 39.7 Å². The number of rotatable bonds is 5. The van der Waals surface area contributed by atoms with Crippen molar-refractivity contribution in [1.29, 1.82) is 0 Å². The quantitative estimate of drug-likeness (QED) is 0.335. The number of nitrogens with zero attached hydrogens (tertiary/aromatic N) is 2. The molecule has 1 aliphatic rings. The van der Waals surface area contributed by atoms with E-state index in [1.807, 2.05) is 54.6 Å². The number of hydrogen-bond acceptors (Lipinski definition) is 4. The number of H-pyrrole nitrogens is 1. The molecule has 1 aromatic heterocycles. The van der Waals surface area contributed by atoms with Gasteiger partial charge in [-0.2, -0.15) is 5.10 Å². The van der Waals surface area contributed by atoms with E-state index < -0.39 is 6.04 Å². The summed E-state index contributed by atoms with van der Waals surface area (Å²) in [5, 5.41) is 8.09. The van der Waals surface area contributed by atoms with Crippen LogP contribution in [-0.2, 0) is 0 Å². The van der Waals surface area contributed by atoms with Crippen LogP contribution in [0.25, 0.3) is 11.3 Å². The molecule has 5 rings (SSSR count). The first kappa shape index (κ1) is 21.6. The molecule has 4 aromatic rings. The second-order valence-electron chi connectivity index (χ2n) is 7.53. The van der Waals surface area contributed by atoms with Crippen LogP contribution in [0.5, 0.6) is 11.5 Å². The Kier molecular flexibility index (Phi) is 5.60. The summed E-state index contributed by atoms with van der Waals surface area (Å²) in [5.74, 6) is 1.10. The van der Waals surface area contributed by atoms with E-state index in [0.29, 0.717) is 27.9 Å². The number of amides is 1. The van der Waals surface area contributed by atoms with Crippen molar-refractivity contribution in [2.45, 2.75) is 6.04 Å². The van der Waals surface area contributed by atoms with Gasteiger partial charge in [-0.05, 0) is 48.5 Å². The number of nitrogens with one attached hydrogen (secondary N) is 1. The van der Waals surface area contributed by atoms with Gasteiger partial charge in [0.15, 0.2) is 0 Å². The Morgan fingerprint density at radius 2 is 1.73 bits per heavy atom. The Morgan fingerprint density at radius 3 is 2.39 bits per heavy atom. The van der Waals surface area contributed by atoms with Crippen molar-refractivity contribution >= 4 is 39.1 Å². The maximum absolute atomic E-state index is 13.6. The molecule has 0 unspecified atom stereocenters. The zero-order valence-electron chi connectivity index (χ0n) is 17.8. The lowest BCUT2D eigenvalue weighted by atomic mass is 9.95. The summed E-state index contributed by atoms with van der Waals surface area (Å²) < 4.78 is 12.1. The number of benzene rings is 3. The molecule has 33 heavy (non-hydrogen) atoms. The van der Waals surface area contributed by atoms with E-state index in [4.69, 9.17) is 21.1 Å². The normalized spacial score (nSPS) is 15.0. The molecule has 1 amide bonds. The van der Waals surface area contributed by atoms with Gasteiger partial charge in [-0.15, -0.1) is 0 Å². The largest absolute Gasteiger partial charge is 0.497 e. The lowest BCUT2D eigenvalue weighted by molar-refractivity contribution is 0.0988. The first-order valence-corrected chi connectivity index (χ1v) is 11.3. The predicted molar refractivity (Wildman–Crippen MR) is 131 cm³/mol. The molecule has 1 aliphatic heterocycles. The number of methoxy groups -OCH3 is 2. The number of fused-ring (bicyclic) bond motifs is 1. The van der Waals surface area contributed by atoms with E-state index in [1.165, 1.54) is 0 Å². The lowest BCUT2D eigenvalue weighted by Gasteiger charge is -2.28. The van der Waals surface area contributed by atoms with Crippen molar-refractivity contribution in [3.05, 3.63) is 93.0 Å². The van der Waals surface area contributed by atoms with Gasteiger partial charge < -0.3 is 9.47 Å². The highest BCUT2D eigenvalue weighted by Gasteiger charge is 2.44. The van der Waals surface area contributed by atoms with Crippen molar-refractivity contribution in [3.63, 3.8) is 0 Å². The van der Waals surface area contributed by atoms with Gasteiger partial charge in [0.2, 0.25) is 0 Å². The molecule has 2 heterocycles. The van der Waals surface area contributed by atoms with E-state index >= 15 is 0 Å². The Labute approximate surface area is 204 Å². The van der Waals surface area contributed by atoms with Crippen LogP contribution in [0.1, 0.15) is 27.7 Å². The molecule has 0 saturated carbocycles. The van der Waals surface area contributed by atoms with Crippen LogP contribution in [0.4, 0.5) is 5.69 Å². The molecule has 0 radical (unpaired) electrons. The molecule has 166 valence electrons. The molecule has 8 heteroatoms. The number of carbonyl (C=O) groups excluding carboxylic acids is 1. The second kappa shape index (κ2) is 8.57. The smallest absolute Gasteiger partial charge is 0.277 e. The third kappa shape index (κ3) is 3.67. The summed E-state index contributed by atoms with van der Waals surface area (Å²) >= 11 is 9.60. The molecule has 0 fully saturated rings. The number of carbonyl (C=O) groups is 1. The van der Waals surface area contributed by atoms with Crippen LogP contribution in [-0.4, -0.2) is 30.3 Å². The van der Waals surface area contributed by atoms with Gasteiger partial charge in [0, 0.05) is 37.9 Å². The highest BCUT2D eigenvalue weighted by Crippen LogP contribution is 2.48. The van der Waals surface area contributed by atoms with E-state index in [-0.39, 0.29) is 5.91 Å². The van der Waals surface area contributed by atoms with Crippen molar-refractivity contribution in [3.8, 4) is 22.8 Å². The topological polar surface area (TPSA) is 67.5 Å². The maximum atomic E-state index is 13.6. The maximum Gasteiger partial charge on any atom is 0.277 e. The summed E-state index contributed by atoms with van der Waals surface area (Å²) in [5.41, 5.74) is 4.40. The fourth-order valence-corrected chi connectivity index (χ4v) is 4.57. The number of aromatic amines is 1. The van der Waals surface area contributed by atoms with Crippen LogP contribution in [0.3, 0.4) is 0 Å². The molecule has 0 aliphatic carbocycles. The Bertz CT molecular complexity index is 1340. The van der Waals surface area contributed by atoms with E-state index in [2.05, 4.69) is 26.1 Å². The molecule has 3 aromatic carbocycles. The second-order valence-corrected chi connectivity index (χ2v) is 8.88. The lowest BCUT2D eigenvalue weighted by Crippen LogP contribution is -2.29. The number of hydrogen-bond donors (Lipinski definition) is 1. The van der Waals surface area contributed by atoms with Crippen LogP contribution >= 0.6 is 27.5 Å². The highest BCUT2D eigenvalue weighted by molar-refractivity contribution is 9.10. The van der Waals surface area contributed by atoms with Gasteiger partial charge in [-0.25, -0.2) is 0 Å². The zero-order chi connectivity index (χ0) is 23.1. The molecule has 6 nitrogen and oxygen atoms in total. The number of halogens is 2. The van der Waals surface area contributed by atoms with E-state index in [1.54, 1.807) is 31.3 Å². The summed E-state index contributed by atoms with van der Waals surface area (Å²) in [6.07, 6.45) is 0. The molecular weight excluding hydrogens is 506 g/mol. The summed E-state index contributed by atoms with van der Waals surface area (Å²) in [6, 6.07) is 20.2. The first-order valence-electron chi connectivity index (χ1n) is 10.2. The van der Waals surface area contributed by atoms with Crippen molar-refractivity contribution in [1.82, 2.24) is 10.2 Å². The molecule has 1 atom stereocenters. The third-order valence-corrected chi connectivity index (χ3v) is 6.51. The third-order valence-electron chi connectivity index (χ3n) is 5.73. The minimum absolute atomic E-state index is 0.175. The Balaban J connectivity index is 1.74. The summed E-state index contributed by atoms with van der Waals surface area (Å²) in [4.78, 5) is 15.4. The van der Waals surface area contributed by atoms with Crippen molar-refractivity contribution in [2.24, 2.45) is 0 Å². The minimum Gasteiger partial charge on any atom is -0.497 e. The van der Waals surface area contributed by atoms with Crippen LogP contribution < -0.4 is 14.4 Å². The molecule has 0 bridgehead atoms. The molecule has 1 N–H and O–H groups in total. The predicted octanol–water partition coefficient (Wildman–Crippen LogP) is 6.26. The molecule has 0 spiro atoms. The summed E-state index contributed by atoms with van der Waals surface area (Å²) in [6.45, 7) is 0. The number of ether oxygens (including phenoxy) is 2. The Morgan fingerprint density at radius 1 is 1.00 bits per heavy atom. The van der Waals surface area contributed by atoms with E-state index in [0.717, 1.165) is 26.9 Å². The number of anilines is 1. The molecule has 0 saturated heterocycles. The Hall–Kier alpha value is -3.29. The summed E-state index contributed by atoms with van der Waals surface area (Å²) in [7, 11) is 3.21. The minimum atomic E-state index is -0.466. The average Bonchev–Trinajstić information content (AvgIpc) is 3.39. The number of aromatic nitrogens is 2. The van der Waals surface area contributed by atoms with Gasteiger partial charge in [0.1, 0.15) is 17.2 Å². The van der Waals surface area contributed by atoms with Crippen molar-refractivity contribution < 1.29 is 14.3 Å². The monoisotopic (exact) mass is 523 g/mol. The van der Waals surface area contributed by atoms with E-state index in [9.17, 15) is 4.79 Å². The van der Waals surface area contributed by atoms with Gasteiger partial charge in [0.05, 0.1) is 26.0 Å².